The first kappa shape index (κ1) is 19.1. The van der Waals surface area contributed by atoms with Crippen LogP contribution in [0.5, 0.6) is 0 Å². The van der Waals surface area contributed by atoms with Crippen LogP contribution in [0, 0.1) is 0 Å². The van der Waals surface area contributed by atoms with Gasteiger partial charge in [0.1, 0.15) is 5.82 Å². The van der Waals surface area contributed by atoms with Crippen molar-refractivity contribution in [1.29, 1.82) is 0 Å². The number of aromatic nitrogens is 4. The van der Waals surface area contributed by atoms with Crippen molar-refractivity contribution in [2.24, 2.45) is 0 Å². The zero-order valence-electron chi connectivity index (χ0n) is 15.7. The molecule has 144 valence electrons. The molecule has 0 spiro atoms. The predicted octanol–water partition coefficient (Wildman–Crippen LogP) is 1.81. The molecule has 8 heteroatoms. The van der Waals surface area contributed by atoms with Crippen LogP contribution < -0.4 is 10.2 Å². The van der Waals surface area contributed by atoms with Crippen LogP contribution in [0.4, 0.5) is 11.8 Å². The molecule has 0 saturated heterocycles. The maximum absolute atomic E-state index is 9.35. The normalized spacial score (nSPS) is 11.3. The van der Waals surface area contributed by atoms with Crippen LogP contribution in [0.2, 0.25) is 0 Å². The maximum atomic E-state index is 9.35. The van der Waals surface area contributed by atoms with Gasteiger partial charge in [-0.15, -0.1) is 0 Å². The van der Waals surface area contributed by atoms with Gasteiger partial charge in [0.15, 0.2) is 5.65 Å². The van der Waals surface area contributed by atoms with Crippen molar-refractivity contribution in [3.8, 4) is 0 Å². The Morgan fingerprint density at radius 3 is 2.41 bits per heavy atom. The number of anilines is 2. The number of rotatable bonds is 9. The molecule has 3 rings (SSSR count). The highest BCUT2D eigenvalue weighted by molar-refractivity contribution is 5.87. The minimum Gasteiger partial charge on any atom is -0.395 e. The second-order valence-electron chi connectivity index (χ2n) is 6.57. The van der Waals surface area contributed by atoms with Gasteiger partial charge in [-0.2, -0.15) is 15.1 Å². The Balaban J connectivity index is 2.01. The monoisotopic (exact) mass is 370 g/mol. The first-order chi connectivity index (χ1) is 13.1. The van der Waals surface area contributed by atoms with Crippen molar-refractivity contribution < 1.29 is 10.2 Å². The number of hydrogen-bond donors (Lipinski definition) is 3. The first-order valence-electron chi connectivity index (χ1n) is 9.13. The maximum Gasteiger partial charge on any atom is 0.229 e. The lowest BCUT2D eigenvalue weighted by molar-refractivity contribution is 0.280. The summed E-state index contributed by atoms with van der Waals surface area (Å²) >= 11 is 0. The molecule has 0 atom stereocenters. The molecule has 27 heavy (non-hydrogen) atoms. The summed E-state index contributed by atoms with van der Waals surface area (Å²) in [6.07, 6.45) is 1.77. The molecule has 0 unspecified atom stereocenters. The SMILES string of the molecule is CC(C)n1ncc2c(NCc3ccccc3)nc(N(CCO)CCO)nc21. The molecule has 0 saturated carbocycles. The summed E-state index contributed by atoms with van der Waals surface area (Å²) in [5, 5.41) is 27.4. The quantitative estimate of drug-likeness (QED) is 0.528. The van der Waals surface area contributed by atoms with Gasteiger partial charge in [0.2, 0.25) is 5.95 Å². The minimum absolute atomic E-state index is 0.0440. The van der Waals surface area contributed by atoms with Gasteiger partial charge in [0, 0.05) is 25.7 Å². The van der Waals surface area contributed by atoms with E-state index in [2.05, 4.69) is 20.4 Å². The van der Waals surface area contributed by atoms with Gasteiger partial charge in [-0.1, -0.05) is 30.3 Å². The molecule has 0 fully saturated rings. The Bertz CT molecular complexity index is 859. The molecular weight excluding hydrogens is 344 g/mol. The van der Waals surface area contributed by atoms with Gasteiger partial charge < -0.3 is 20.4 Å². The topological polar surface area (TPSA) is 99.3 Å². The van der Waals surface area contributed by atoms with Gasteiger partial charge in [0.25, 0.3) is 0 Å². The zero-order valence-corrected chi connectivity index (χ0v) is 15.7. The van der Waals surface area contributed by atoms with Crippen molar-refractivity contribution in [2.75, 3.05) is 36.5 Å². The largest absolute Gasteiger partial charge is 0.395 e. The lowest BCUT2D eigenvalue weighted by atomic mass is 10.2. The molecule has 0 aliphatic heterocycles. The Morgan fingerprint density at radius 1 is 1.07 bits per heavy atom. The van der Waals surface area contributed by atoms with Gasteiger partial charge in [-0.05, 0) is 19.4 Å². The Hall–Kier alpha value is -2.71. The first-order valence-corrected chi connectivity index (χ1v) is 9.13. The van der Waals surface area contributed by atoms with Crippen LogP contribution in [0.1, 0.15) is 25.5 Å². The molecule has 1 aromatic carbocycles. The van der Waals surface area contributed by atoms with Crippen molar-refractivity contribution >= 4 is 22.8 Å². The van der Waals surface area contributed by atoms with Crippen molar-refractivity contribution in [3.63, 3.8) is 0 Å². The molecule has 0 bridgehead atoms. The minimum atomic E-state index is -0.0440. The van der Waals surface area contributed by atoms with Crippen molar-refractivity contribution in [3.05, 3.63) is 42.1 Å². The molecule has 3 N–H and O–H groups in total. The summed E-state index contributed by atoms with van der Waals surface area (Å²) in [4.78, 5) is 11.1. The highest BCUT2D eigenvalue weighted by Crippen LogP contribution is 2.25. The third-order valence-electron chi connectivity index (χ3n) is 4.26. The van der Waals surface area contributed by atoms with E-state index in [1.807, 2.05) is 48.9 Å². The average molecular weight is 370 g/mol. The van der Waals surface area contributed by atoms with E-state index in [4.69, 9.17) is 0 Å². The number of nitrogens with one attached hydrogen (secondary N) is 1. The standard InChI is InChI=1S/C19H26N6O2/c1-14(2)25-18-16(13-21-25)17(20-12-15-6-4-3-5-7-15)22-19(23-18)24(8-10-26)9-11-27/h3-7,13-14,26-27H,8-12H2,1-2H3,(H,20,22,23). The van der Waals surface area contributed by atoms with Crippen molar-refractivity contribution in [2.45, 2.75) is 26.4 Å². The molecular formula is C19H26N6O2. The summed E-state index contributed by atoms with van der Waals surface area (Å²) in [6, 6.07) is 10.2. The Morgan fingerprint density at radius 2 is 1.78 bits per heavy atom. The van der Waals surface area contributed by atoms with Crippen LogP contribution in [0.3, 0.4) is 0 Å². The number of fused-ring (bicyclic) bond motifs is 1. The summed E-state index contributed by atoms with van der Waals surface area (Å²) in [7, 11) is 0. The lowest BCUT2D eigenvalue weighted by Gasteiger charge is -2.21. The fraction of sp³-hybridized carbons (Fsp3) is 0.421. The van der Waals surface area contributed by atoms with Crippen LogP contribution in [-0.2, 0) is 6.54 Å². The molecule has 3 aromatic rings. The third kappa shape index (κ3) is 4.35. The summed E-state index contributed by atoms with van der Waals surface area (Å²) in [6.45, 7) is 5.32. The summed E-state index contributed by atoms with van der Waals surface area (Å²) in [5.74, 6) is 1.15. The van der Waals surface area contributed by atoms with Gasteiger partial charge in [-0.3, -0.25) is 0 Å². The molecule has 2 heterocycles. The highest BCUT2D eigenvalue weighted by Gasteiger charge is 2.17. The van der Waals surface area contributed by atoms with E-state index >= 15 is 0 Å². The lowest BCUT2D eigenvalue weighted by Crippen LogP contribution is -2.31. The van der Waals surface area contributed by atoms with Crippen molar-refractivity contribution in [1.82, 2.24) is 19.7 Å². The fourth-order valence-electron chi connectivity index (χ4n) is 2.90. The van der Waals surface area contributed by atoms with E-state index in [1.54, 1.807) is 11.1 Å². The Kier molecular flexibility index (Phi) is 6.20. The zero-order chi connectivity index (χ0) is 19.2. The molecule has 0 amide bonds. The molecule has 2 aromatic heterocycles. The number of hydrogen-bond acceptors (Lipinski definition) is 7. The van der Waals surface area contributed by atoms with Gasteiger partial charge >= 0.3 is 0 Å². The average Bonchev–Trinajstić information content (AvgIpc) is 3.11. The van der Waals surface area contributed by atoms with Gasteiger partial charge in [-0.25, -0.2) is 4.68 Å². The number of aliphatic hydroxyl groups is 2. The molecule has 0 aliphatic carbocycles. The van der Waals surface area contributed by atoms with E-state index in [1.165, 1.54) is 0 Å². The van der Waals surface area contributed by atoms with Crippen LogP contribution in [0.15, 0.2) is 36.5 Å². The van der Waals surface area contributed by atoms with E-state index < -0.39 is 0 Å². The molecule has 0 radical (unpaired) electrons. The van der Waals surface area contributed by atoms with Crippen LogP contribution in [-0.4, -0.2) is 56.3 Å². The fourth-order valence-corrected chi connectivity index (χ4v) is 2.90. The predicted molar refractivity (Wildman–Crippen MR) is 106 cm³/mol. The smallest absolute Gasteiger partial charge is 0.229 e. The summed E-state index contributed by atoms with van der Waals surface area (Å²) in [5.41, 5.74) is 1.87. The Labute approximate surface area is 158 Å². The van der Waals surface area contributed by atoms with Crippen LogP contribution >= 0.6 is 0 Å². The number of aliphatic hydroxyl groups excluding tert-OH is 2. The number of benzene rings is 1. The third-order valence-corrected chi connectivity index (χ3v) is 4.26. The second-order valence-corrected chi connectivity index (χ2v) is 6.57. The highest BCUT2D eigenvalue weighted by atomic mass is 16.3. The second kappa shape index (κ2) is 8.79. The van der Waals surface area contributed by atoms with E-state index in [0.717, 1.165) is 16.6 Å². The van der Waals surface area contributed by atoms with Crippen LogP contribution in [0.25, 0.3) is 11.0 Å². The summed E-state index contributed by atoms with van der Waals surface area (Å²) < 4.78 is 1.85. The molecule has 8 nitrogen and oxygen atoms in total. The van der Waals surface area contributed by atoms with Gasteiger partial charge in [0.05, 0.1) is 24.8 Å². The molecule has 0 aliphatic rings. The number of nitrogens with zero attached hydrogens (tertiary/aromatic N) is 5. The van der Waals surface area contributed by atoms with E-state index in [-0.39, 0.29) is 19.3 Å². The van der Waals surface area contributed by atoms with E-state index in [9.17, 15) is 10.2 Å². The van der Waals surface area contributed by atoms with E-state index in [0.29, 0.717) is 31.4 Å².